The molecular weight excluding hydrogens is 531 g/mol. The van der Waals surface area contributed by atoms with Gasteiger partial charge in [-0.3, -0.25) is 0 Å². The van der Waals surface area contributed by atoms with Gasteiger partial charge in [-0.15, -0.1) is 0 Å². The van der Waals surface area contributed by atoms with Crippen LogP contribution < -0.4 is 20.1 Å². The van der Waals surface area contributed by atoms with Crippen LogP contribution in [0.2, 0.25) is 10.0 Å². The van der Waals surface area contributed by atoms with Crippen LogP contribution in [0.4, 0.5) is 0 Å². The number of esters is 1. The summed E-state index contributed by atoms with van der Waals surface area (Å²) < 4.78 is 17.4. The minimum atomic E-state index is -0.564. The highest BCUT2D eigenvalue weighted by Crippen LogP contribution is 2.37. The highest BCUT2D eigenvalue weighted by Gasteiger charge is 2.33. The first kappa shape index (κ1) is 26.8. The maximum absolute atomic E-state index is 13.2. The highest BCUT2D eigenvalue weighted by molar-refractivity contribution is 7.80. The van der Waals surface area contributed by atoms with Gasteiger partial charge in [0, 0.05) is 0 Å². The molecule has 4 rings (SSSR count). The molecule has 1 heterocycles. The van der Waals surface area contributed by atoms with Gasteiger partial charge in [0.05, 0.1) is 40.6 Å². The van der Waals surface area contributed by atoms with Crippen molar-refractivity contribution in [3.05, 3.63) is 99.0 Å². The van der Waals surface area contributed by atoms with E-state index in [1.165, 1.54) is 0 Å². The Morgan fingerprint density at radius 2 is 1.70 bits per heavy atom. The number of benzene rings is 3. The largest absolute Gasteiger partial charge is 0.490 e. The van der Waals surface area contributed by atoms with Crippen molar-refractivity contribution < 1.29 is 19.0 Å². The molecule has 0 amide bonds. The van der Waals surface area contributed by atoms with Crippen LogP contribution in [0, 0.1) is 0 Å². The van der Waals surface area contributed by atoms with E-state index in [0.29, 0.717) is 44.5 Å². The average molecular weight is 557 g/mol. The molecule has 0 radical (unpaired) electrons. The fourth-order valence-corrected chi connectivity index (χ4v) is 4.50. The Morgan fingerprint density at radius 1 is 0.919 bits per heavy atom. The summed E-state index contributed by atoms with van der Waals surface area (Å²) in [4.78, 5) is 13.2. The van der Waals surface area contributed by atoms with Crippen LogP contribution in [0.5, 0.6) is 11.5 Å². The summed E-state index contributed by atoms with van der Waals surface area (Å²) in [6.45, 7) is 4.62. The molecule has 3 aromatic carbocycles. The van der Waals surface area contributed by atoms with Crippen molar-refractivity contribution in [1.29, 1.82) is 0 Å². The van der Waals surface area contributed by atoms with Crippen LogP contribution in [0.25, 0.3) is 5.70 Å². The van der Waals surface area contributed by atoms with Crippen LogP contribution in [0.3, 0.4) is 0 Å². The van der Waals surface area contributed by atoms with Gasteiger partial charge in [0.2, 0.25) is 0 Å². The zero-order valence-electron chi connectivity index (χ0n) is 20.3. The van der Waals surface area contributed by atoms with Crippen LogP contribution in [-0.2, 0) is 16.1 Å². The van der Waals surface area contributed by atoms with E-state index >= 15 is 0 Å². The second-order valence-electron chi connectivity index (χ2n) is 8.08. The highest BCUT2D eigenvalue weighted by atomic mass is 35.5. The molecule has 0 fully saturated rings. The third-order valence-electron chi connectivity index (χ3n) is 5.61. The predicted molar refractivity (Wildman–Crippen MR) is 150 cm³/mol. The van der Waals surface area contributed by atoms with Gasteiger partial charge in [0.1, 0.15) is 6.61 Å². The molecule has 192 valence electrons. The molecule has 1 aliphatic heterocycles. The summed E-state index contributed by atoms with van der Waals surface area (Å²) in [7, 11) is 0. The molecule has 2 N–H and O–H groups in total. The van der Waals surface area contributed by atoms with Crippen molar-refractivity contribution in [3.63, 3.8) is 0 Å². The fraction of sp³-hybridized carbons (Fsp3) is 0.214. The van der Waals surface area contributed by atoms with Gasteiger partial charge < -0.3 is 24.8 Å². The van der Waals surface area contributed by atoms with E-state index in [1.807, 2.05) is 61.5 Å². The Kier molecular flexibility index (Phi) is 8.92. The van der Waals surface area contributed by atoms with E-state index in [0.717, 1.165) is 16.7 Å². The van der Waals surface area contributed by atoms with Crippen LogP contribution in [0.15, 0.2) is 72.3 Å². The number of carbonyl (C=O) groups excluding carboxylic acids is 1. The number of carbonyl (C=O) groups is 1. The van der Waals surface area contributed by atoms with Gasteiger partial charge in [-0.1, -0.05) is 65.7 Å². The number of ether oxygens (including phenoxy) is 3. The first-order chi connectivity index (χ1) is 17.9. The van der Waals surface area contributed by atoms with Gasteiger partial charge in [-0.2, -0.15) is 0 Å². The molecule has 9 heteroatoms. The maximum atomic E-state index is 13.2. The SMILES string of the molecule is CCOC(=O)C1=C(c2ccccc2)NC(=S)N[C@@H]1c1ccc(OCc2ccc(Cl)c(Cl)c2)c(OCC)c1. The summed E-state index contributed by atoms with van der Waals surface area (Å²) in [6.07, 6.45) is 0. The number of rotatable bonds is 9. The van der Waals surface area contributed by atoms with Crippen LogP contribution in [-0.4, -0.2) is 24.3 Å². The molecule has 1 aliphatic rings. The third kappa shape index (κ3) is 6.36. The lowest BCUT2D eigenvalue weighted by Crippen LogP contribution is -2.45. The number of hydrogen-bond acceptors (Lipinski definition) is 5. The first-order valence-electron chi connectivity index (χ1n) is 11.8. The van der Waals surface area contributed by atoms with E-state index in [1.54, 1.807) is 19.1 Å². The molecule has 0 aliphatic carbocycles. The van der Waals surface area contributed by atoms with Gasteiger partial charge in [-0.25, -0.2) is 4.79 Å². The van der Waals surface area contributed by atoms with E-state index in [-0.39, 0.29) is 13.2 Å². The molecule has 0 saturated carbocycles. The van der Waals surface area contributed by atoms with Crippen molar-refractivity contribution >= 4 is 52.2 Å². The van der Waals surface area contributed by atoms with Crippen molar-refractivity contribution in [2.45, 2.75) is 26.5 Å². The summed E-state index contributed by atoms with van der Waals surface area (Å²) >= 11 is 17.7. The molecule has 0 unspecified atom stereocenters. The summed E-state index contributed by atoms with van der Waals surface area (Å²) in [6, 6.07) is 19.9. The molecule has 0 bridgehead atoms. The van der Waals surface area contributed by atoms with E-state index in [4.69, 9.17) is 49.6 Å². The van der Waals surface area contributed by atoms with Gasteiger partial charge in [0.25, 0.3) is 0 Å². The number of nitrogens with one attached hydrogen (secondary N) is 2. The molecule has 37 heavy (non-hydrogen) atoms. The molecular formula is C28H26Cl2N2O4S. The van der Waals surface area contributed by atoms with E-state index < -0.39 is 12.0 Å². The van der Waals surface area contributed by atoms with Crippen molar-refractivity contribution in [3.8, 4) is 11.5 Å². The minimum Gasteiger partial charge on any atom is -0.490 e. The zero-order valence-corrected chi connectivity index (χ0v) is 22.7. The standard InChI is InChI=1S/C28H26Cl2N2O4S/c1-3-34-23-15-19(11-13-22(23)36-16-17-10-12-20(29)21(30)14-17)26-24(27(33)35-4-2)25(31-28(37)32-26)18-8-6-5-7-9-18/h5-15,26H,3-4,16H2,1-2H3,(H2,31,32,37)/t26-/m1/s1. The topological polar surface area (TPSA) is 68.8 Å². The lowest BCUT2D eigenvalue weighted by molar-refractivity contribution is -0.138. The van der Waals surface area contributed by atoms with Crippen LogP contribution >= 0.6 is 35.4 Å². The minimum absolute atomic E-state index is 0.243. The summed E-state index contributed by atoms with van der Waals surface area (Å²) in [5, 5.41) is 7.70. The quantitative estimate of drug-likeness (QED) is 0.231. The lowest BCUT2D eigenvalue weighted by Gasteiger charge is -2.31. The van der Waals surface area contributed by atoms with Crippen molar-refractivity contribution in [2.75, 3.05) is 13.2 Å². The van der Waals surface area contributed by atoms with Crippen molar-refractivity contribution in [2.24, 2.45) is 0 Å². The molecule has 6 nitrogen and oxygen atoms in total. The molecule has 3 aromatic rings. The smallest absolute Gasteiger partial charge is 0.338 e. The first-order valence-corrected chi connectivity index (χ1v) is 12.9. The van der Waals surface area contributed by atoms with Gasteiger partial charge >= 0.3 is 5.97 Å². The lowest BCUT2D eigenvalue weighted by atomic mass is 9.92. The number of halogens is 2. The number of hydrogen-bond donors (Lipinski definition) is 2. The predicted octanol–water partition coefficient (Wildman–Crippen LogP) is 6.46. The Bertz CT molecular complexity index is 1330. The molecule has 0 saturated heterocycles. The third-order valence-corrected chi connectivity index (χ3v) is 6.57. The normalized spacial score (nSPS) is 15.0. The number of thiocarbonyl (C=S) groups is 1. The molecule has 0 aromatic heterocycles. The maximum Gasteiger partial charge on any atom is 0.338 e. The van der Waals surface area contributed by atoms with E-state index in [9.17, 15) is 4.79 Å². The Morgan fingerprint density at radius 3 is 2.41 bits per heavy atom. The fourth-order valence-electron chi connectivity index (χ4n) is 3.96. The van der Waals surface area contributed by atoms with Gasteiger partial charge in [0.15, 0.2) is 16.6 Å². The van der Waals surface area contributed by atoms with Crippen LogP contribution in [0.1, 0.15) is 36.6 Å². The second-order valence-corrected chi connectivity index (χ2v) is 9.31. The Balaban J connectivity index is 1.71. The Labute approximate surface area is 231 Å². The summed E-state index contributed by atoms with van der Waals surface area (Å²) in [5.41, 5.74) is 3.49. The Hall–Kier alpha value is -3.26. The zero-order chi connectivity index (χ0) is 26.4. The summed E-state index contributed by atoms with van der Waals surface area (Å²) in [5.74, 6) is 0.653. The van der Waals surface area contributed by atoms with Gasteiger partial charge in [-0.05, 0) is 67.0 Å². The van der Waals surface area contributed by atoms with E-state index in [2.05, 4.69) is 10.6 Å². The molecule has 0 spiro atoms. The molecule has 1 atom stereocenters. The second kappa shape index (κ2) is 12.3. The monoisotopic (exact) mass is 556 g/mol. The average Bonchev–Trinajstić information content (AvgIpc) is 2.90. The van der Waals surface area contributed by atoms with Crippen molar-refractivity contribution in [1.82, 2.24) is 10.6 Å².